The number of hydrogen-bond acceptors (Lipinski definition) is 3. The standard InChI is InChI=1S/C12H10Cl3NO3S2/c13-8-4-10(15)11(5-9(8)14)20-12-3-7(6-16-12)1-2-21(17,18)19/h3-6,16H,1-2H2,(H,17,18,19). The molecule has 0 aliphatic carbocycles. The van der Waals surface area contributed by atoms with Gasteiger partial charge >= 0.3 is 0 Å². The van der Waals surface area contributed by atoms with Crippen molar-refractivity contribution in [2.24, 2.45) is 0 Å². The molecule has 1 aromatic carbocycles. The molecule has 114 valence electrons. The van der Waals surface area contributed by atoms with Gasteiger partial charge in [-0.2, -0.15) is 8.42 Å². The number of hydrogen-bond donors (Lipinski definition) is 2. The minimum Gasteiger partial charge on any atom is -0.356 e. The second-order valence-corrected chi connectivity index (χ2v) is 8.08. The van der Waals surface area contributed by atoms with Crippen molar-refractivity contribution in [3.63, 3.8) is 0 Å². The summed E-state index contributed by atoms with van der Waals surface area (Å²) in [5, 5.41) is 2.04. The number of aryl methyl sites for hydroxylation is 1. The minimum absolute atomic E-state index is 0.227. The Morgan fingerprint density at radius 3 is 2.43 bits per heavy atom. The first-order chi connectivity index (χ1) is 9.74. The van der Waals surface area contributed by atoms with Gasteiger partial charge in [0.2, 0.25) is 0 Å². The molecule has 4 nitrogen and oxygen atoms in total. The quantitative estimate of drug-likeness (QED) is 0.584. The first kappa shape index (κ1) is 17.0. The van der Waals surface area contributed by atoms with Gasteiger partial charge in [-0.3, -0.25) is 4.55 Å². The van der Waals surface area contributed by atoms with Crippen molar-refractivity contribution in [3.05, 3.63) is 45.0 Å². The molecule has 0 fully saturated rings. The molecular formula is C12H10Cl3NO3S2. The summed E-state index contributed by atoms with van der Waals surface area (Å²) in [5.41, 5.74) is 0.770. The molecule has 0 amide bonds. The second-order valence-electron chi connectivity index (χ2n) is 4.21. The van der Waals surface area contributed by atoms with Crippen LogP contribution in [0.15, 0.2) is 34.3 Å². The van der Waals surface area contributed by atoms with E-state index in [1.54, 1.807) is 24.4 Å². The van der Waals surface area contributed by atoms with Crippen LogP contribution >= 0.6 is 46.6 Å². The third-order valence-electron chi connectivity index (χ3n) is 2.56. The van der Waals surface area contributed by atoms with E-state index in [9.17, 15) is 8.42 Å². The van der Waals surface area contributed by atoms with Crippen LogP contribution in [0.5, 0.6) is 0 Å². The molecule has 1 heterocycles. The minimum atomic E-state index is -3.96. The van der Waals surface area contributed by atoms with Crippen LogP contribution in [0.4, 0.5) is 0 Å². The highest BCUT2D eigenvalue weighted by Gasteiger charge is 2.10. The van der Waals surface area contributed by atoms with Crippen molar-refractivity contribution >= 4 is 56.7 Å². The Hall–Kier alpha value is -0.370. The molecule has 1 aromatic heterocycles. The first-order valence-electron chi connectivity index (χ1n) is 5.69. The van der Waals surface area contributed by atoms with Crippen LogP contribution in [0.1, 0.15) is 5.56 Å². The molecule has 2 N–H and O–H groups in total. The number of nitrogens with one attached hydrogen (secondary N) is 1. The van der Waals surface area contributed by atoms with Crippen molar-refractivity contribution < 1.29 is 13.0 Å². The van der Waals surface area contributed by atoms with E-state index in [1.165, 1.54) is 11.8 Å². The van der Waals surface area contributed by atoms with Gasteiger partial charge in [-0.1, -0.05) is 46.6 Å². The van der Waals surface area contributed by atoms with Gasteiger partial charge in [-0.25, -0.2) is 0 Å². The van der Waals surface area contributed by atoms with Crippen LogP contribution < -0.4 is 0 Å². The molecule has 0 saturated carbocycles. The Bertz CT molecular complexity index is 759. The zero-order chi connectivity index (χ0) is 15.6. The van der Waals surface area contributed by atoms with Crippen molar-refractivity contribution in [1.82, 2.24) is 4.98 Å². The number of H-pyrrole nitrogens is 1. The van der Waals surface area contributed by atoms with Gasteiger partial charge in [0.05, 0.1) is 25.8 Å². The Kier molecular flexibility index (Phi) is 5.51. The fraction of sp³-hybridized carbons (Fsp3) is 0.167. The highest BCUT2D eigenvalue weighted by Crippen LogP contribution is 2.37. The van der Waals surface area contributed by atoms with Crippen LogP contribution in [0, 0.1) is 0 Å². The summed E-state index contributed by atoms with van der Waals surface area (Å²) in [6, 6.07) is 5.01. The Balaban J connectivity index is 2.11. The number of rotatable bonds is 5. The molecule has 0 saturated heterocycles. The molecule has 0 aliphatic heterocycles. The van der Waals surface area contributed by atoms with E-state index < -0.39 is 10.1 Å². The maximum absolute atomic E-state index is 10.7. The fourth-order valence-corrected chi connectivity index (χ4v) is 3.69. The van der Waals surface area contributed by atoms with Crippen LogP contribution in [0.25, 0.3) is 0 Å². The maximum atomic E-state index is 10.7. The summed E-state index contributed by atoms with van der Waals surface area (Å²) in [6.07, 6.45) is 1.91. The highest BCUT2D eigenvalue weighted by molar-refractivity contribution is 7.99. The van der Waals surface area contributed by atoms with E-state index in [1.807, 2.05) is 0 Å². The van der Waals surface area contributed by atoms with Crippen molar-refractivity contribution in [1.29, 1.82) is 0 Å². The van der Waals surface area contributed by atoms with Crippen molar-refractivity contribution in [3.8, 4) is 0 Å². The van der Waals surface area contributed by atoms with Gasteiger partial charge in [0.15, 0.2) is 0 Å². The molecule has 2 rings (SSSR count). The predicted molar refractivity (Wildman–Crippen MR) is 86.5 cm³/mol. The zero-order valence-electron chi connectivity index (χ0n) is 10.4. The first-order valence-corrected chi connectivity index (χ1v) is 9.25. The van der Waals surface area contributed by atoms with E-state index in [2.05, 4.69) is 4.98 Å². The monoisotopic (exact) mass is 385 g/mol. The molecule has 9 heteroatoms. The van der Waals surface area contributed by atoms with Crippen molar-refractivity contribution in [2.45, 2.75) is 16.3 Å². The third-order valence-corrected chi connectivity index (χ3v) is 5.44. The van der Waals surface area contributed by atoms with Crippen LogP contribution in [-0.4, -0.2) is 23.7 Å². The average Bonchev–Trinajstić information content (AvgIpc) is 2.80. The summed E-state index contributed by atoms with van der Waals surface area (Å²) in [5.74, 6) is -0.317. The lowest BCUT2D eigenvalue weighted by atomic mass is 10.3. The maximum Gasteiger partial charge on any atom is 0.265 e. The Morgan fingerprint density at radius 2 is 1.76 bits per heavy atom. The topological polar surface area (TPSA) is 70.2 Å². The van der Waals surface area contributed by atoms with Gasteiger partial charge in [-0.05, 0) is 30.2 Å². The predicted octanol–water partition coefficient (Wildman–Crippen LogP) is 4.56. The van der Waals surface area contributed by atoms with Gasteiger partial charge in [0.25, 0.3) is 10.1 Å². The lowest BCUT2D eigenvalue weighted by molar-refractivity contribution is 0.482. The van der Waals surface area contributed by atoms with Gasteiger partial charge in [0.1, 0.15) is 0 Å². The van der Waals surface area contributed by atoms with E-state index in [0.717, 1.165) is 15.5 Å². The summed E-state index contributed by atoms with van der Waals surface area (Å²) >= 11 is 19.2. The molecule has 21 heavy (non-hydrogen) atoms. The van der Waals surface area contributed by atoms with E-state index >= 15 is 0 Å². The number of halogens is 3. The summed E-state index contributed by atoms with van der Waals surface area (Å²) in [7, 11) is -3.96. The zero-order valence-corrected chi connectivity index (χ0v) is 14.3. The normalized spacial score (nSPS) is 11.8. The molecule has 0 bridgehead atoms. The van der Waals surface area contributed by atoms with Gasteiger partial charge < -0.3 is 4.98 Å². The number of aromatic nitrogens is 1. The fourth-order valence-electron chi connectivity index (χ4n) is 1.57. The lowest BCUT2D eigenvalue weighted by Crippen LogP contribution is -2.05. The highest BCUT2D eigenvalue weighted by atomic mass is 35.5. The van der Waals surface area contributed by atoms with Gasteiger partial charge in [-0.15, -0.1) is 0 Å². The van der Waals surface area contributed by atoms with Crippen molar-refractivity contribution in [2.75, 3.05) is 5.75 Å². The SMILES string of the molecule is O=S(=O)(O)CCc1c[nH]c(Sc2cc(Cl)c(Cl)cc2Cl)c1. The third kappa shape index (κ3) is 5.09. The summed E-state index contributed by atoms with van der Waals surface area (Å²) < 4.78 is 30.2. The average molecular weight is 387 g/mol. The molecule has 0 atom stereocenters. The van der Waals surface area contributed by atoms with E-state index in [4.69, 9.17) is 39.4 Å². The van der Waals surface area contributed by atoms with Gasteiger partial charge in [0, 0.05) is 11.1 Å². The Morgan fingerprint density at radius 1 is 1.10 bits per heavy atom. The van der Waals surface area contributed by atoms with E-state index in [-0.39, 0.29) is 12.2 Å². The molecule has 0 aliphatic rings. The van der Waals surface area contributed by atoms with Crippen LogP contribution in [0.3, 0.4) is 0 Å². The van der Waals surface area contributed by atoms with Crippen LogP contribution in [0.2, 0.25) is 15.1 Å². The second kappa shape index (κ2) is 6.81. The van der Waals surface area contributed by atoms with Crippen LogP contribution in [-0.2, 0) is 16.5 Å². The molecule has 0 radical (unpaired) electrons. The number of aromatic amines is 1. The Labute approximate surface area is 141 Å². The summed E-state index contributed by atoms with van der Waals surface area (Å²) in [4.78, 5) is 3.73. The largest absolute Gasteiger partial charge is 0.356 e. The molecule has 2 aromatic rings. The lowest BCUT2D eigenvalue weighted by Gasteiger charge is -2.04. The van der Waals surface area contributed by atoms with E-state index in [0.29, 0.717) is 15.1 Å². The molecular weight excluding hydrogens is 377 g/mol. The smallest absolute Gasteiger partial charge is 0.265 e. The molecule has 0 spiro atoms. The number of benzene rings is 1. The summed E-state index contributed by atoms with van der Waals surface area (Å²) in [6.45, 7) is 0. The molecule has 0 unspecified atom stereocenters.